The molecule has 4 aromatic heterocycles. The molecular weight excluding hydrogens is 768 g/mol. The monoisotopic (exact) mass is 816 g/mol. The molecular formula is C38H48N12O9. The van der Waals surface area contributed by atoms with Crippen LogP contribution in [0.4, 0.5) is 11.6 Å². The van der Waals surface area contributed by atoms with Crippen molar-refractivity contribution in [3.05, 3.63) is 60.0 Å². The number of carbonyl (C=O) groups excluding carboxylic acids is 2. The summed E-state index contributed by atoms with van der Waals surface area (Å²) in [7, 11) is 4.03. The van der Waals surface area contributed by atoms with Crippen LogP contribution in [0.25, 0.3) is 31.8 Å². The smallest absolute Gasteiger partial charge is 0.336 e. The van der Waals surface area contributed by atoms with Gasteiger partial charge in [0.25, 0.3) is 13.1 Å². The summed E-state index contributed by atoms with van der Waals surface area (Å²) in [6.07, 6.45) is 6.39. The molecule has 0 aliphatic carbocycles. The molecule has 2 aliphatic rings. The second kappa shape index (κ2) is 20.0. The van der Waals surface area contributed by atoms with Crippen LogP contribution in [-0.4, -0.2) is 161 Å². The number of anilines is 2. The van der Waals surface area contributed by atoms with Gasteiger partial charge in [-0.15, -0.1) is 0 Å². The number of hydrogen-bond donors (Lipinski definition) is 6. The molecule has 314 valence electrons. The van der Waals surface area contributed by atoms with Crippen LogP contribution in [0.5, 0.6) is 0 Å². The van der Waals surface area contributed by atoms with Crippen molar-refractivity contribution in [3.8, 4) is 0 Å². The van der Waals surface area contributed by atoms with Gasteiger partial charge in [-0.2, -0.15) is 0 Å². The fourth-order valence-corrected chi connectivity index (χ4v) is 7.20. The summed E-state index contributed by atoms with van der Waals surface area (Å²) in [6, 6.07) is 4.28. The van der Waals surface area contributed by atoms with Gasteiger partial charge in [-0.3, -0.25) is 19.2 Å². The topological polar surface area (TPSA) is 271 Å². The minimum absolute atomic E-state index is 0.0691. The van der Waals surface area contributed by atoms with Crippen molar-refractivity contribution in [3.63, 3.8) is 0 Å². The van der Waals surface area contributed by atoms with E-state index >= 15 is 0 Å². The van der Waals surface area contributed by atoms with Crippen LogP contribution < -0.4 is 9.80 Å². The van der Waals surface area contributed by atoms with Crippen LogP contribution in [0.3, 0.4) is 0 Å². The number of aromatic nitrogens is 6. The lowest BCUT2D eigenvalue weighted by Crippen LogP contribution is -2.53. The third kappa shape index (κ3) is 11.2. The number of H-pyrrole nitrogens is 2. The minimum atomic E-state index is -2.74. The maximum Gasteiger partial charge on any atom is 0.336 e. The molecule has 59 heavy (non-hydrogen) atoms. The first-order chi connectivity index (χ1) is 28.0. The molecule has 2 amide bonds. The molecule has 6 heterocycles. The Labute approximate surface area is 339 Å². The van der Waals surface area contributed by atoms with Crippen molar-refractivity contribution in [1.29, 1.82) is 0 Å². The summed E-state index contributed by atoms with van der Waals surface area (Å²) in [4.78, 5) is 92.4. The van der Waals surface area contributed by atoms with Crippen LogP contribution in [-0.2, 0) is 24.0 Å². The molecule has 0 bridgehead atoms. The SMILES string of the molecule is O=C(O)CC(O)(CC(=O)O)C(=O)O.[C-]#[N+]CC(=O)N1CC[C@@H](C)[C@@H](N(C)c2ncnc3[nH]ccc23)C1.[C-]#[N+]CC(=O)N1CC[C@@H](C)[C@@H](N(C)c2ncnc3[nH]ccc23)C1. The van der Waals surface area contributed by atoms with E-state index in [1.54, 1.807) is 22.5 Å². The number of carbonyl (C=O) groups is 5. The van der Waals surface area contributed by atoms with Gasteiger partial charge in [-0.25, -0.2) is 37.9 Å². The van der Waals surface area contributed by atoms with Crippen molar-refractivity contribution in [1.82, 2.24) is 39.7 Å². The van der Waals surface area contributed by atoms with E-state index in [2.05, 4.69) is 63.2 Å². The van der Waals surface area contributed by atoms with E-state index in [0.29, 0.717) is 24.9 Å². The number of carboxylic acids is 3. The number of amides is 2. The van der Waals surface area contributed by atoms with E-state index in [-0.39, 0.29) is 37.0 Å². The van der Waals surface area contributed by atoms with Crippen molar-refractivity contribution >= 4 is 63.4 Å². The fraction of sp³-hybridized carbons (Fsp3) is 0.500. The van der Waals surface area contributed by atoms with E-state index in [1.165, 1.54) is 0 Å². The number of carboxylic acid groups (broad SMARTS) is 3. The van der Waals surface area contributed by atoms with Gasteiger partial charge in [0.2, 0.25) is 0 Å². The largest absolute Gasteiger partial charge is 0.481 e. The molecule has 2 aliphatic heterocycles. The first-order valence-corrected chi connectivity index (χ1v) is 18.6. The van der Waals surface area contributed by atoms with Gasteiger partial charge in [0, 0.05) is 52.7 Å². The van der Waals surface area contributed by atoms with E-state index < -0.39 is 36.4 Å². The normalized spacial score (nSPS) is 18.9. The van der Waals surface area contributed by atoms with Gasteiger partial charge in [0.1, 0.15) is 35.6 Å². The molecule has 0 saturated carbocycles. The standard InChI is InChI=1S/2C16H20N6O.C6H8O7/c2*1-11-5-7-22(14(23)8-17-2)9-13(11)21(3)16-12-4-6-18-15(12)19-10-20-16;7-3(8)1-6(13,5(11)12)2-4(9)10/h2*4,6,10-11,13H,5,7-9H2,1,3H3,(H,18,19,20);13H,1-2H2,(H,7,8)(H,9,10)(H,11,12)/t2*11-,13+;/m11./s1. The number of nitrogens with one attached hydrogen (secondary N) is 2. The van der Waals surface area contributed by atoms with Crippen LogP contribution in [0.15, 0.2) is 37.2 Å². The zero-order chi connectivity index (χ0) is 43.4. The summed E-state index contributed by atoms with van der Waals surface area (Å²) < 4.78 is 0. The second-order valence-electron chi connectivity index (χ2n) is 14.6. The van der Waals surface area contributed by atoms with Crippen LogP contribution in [0.2, 0.25) is 0 Å². The lowest BCUT2D eigenvalue weighted by atomic mass is 9.92. The Morgan fingerprint density at radius 1 is 0.746 bits per heavy atom. The summed E-state index contributed by atoms with van der Waals surface area (Å²) in [6.45, 7) is 20.7. The van der Waals surface area contributed by atoms with Gasteiger partial charge in [0.15, 0.2) is 5.60 Å². The van der Waals surface area contributed by atoms with Crippen molar-refractivity contribution in [2.75, 3.05) is 63.2 Å². The number of fused-ring (bicyclic) bond motifs is 2. The van der Waals surface area contributed by atoms with E-state index in [4.69, 9.17) is 33.6 Å². The van der Waals surface area contributed by atoms with Crippen molar-refractivity contribution in [2.24, 2.45) is 11.8 Å². The minimum Gasteiger partial charge on any atom is -0.481 e. The van der Waals surface area contributed by atoms with Gasteiger partial charge in [-0.1, -0.05) is 13.8 Å². The first kappa shape index (κ1) is 44.8. The molecule has 0 unspecified atom stereocenters. The van der Waals surface area contributed by atoms with Crippen LogP contribution in [0, 0.1) is 25.0 Å². The highest BCUT2D eigenvalue weighted by molar-refractivity contribution is 5.89. The van der Waals surface area contributed by atoms with Crippen LogP contribution >= 0.6 is 0 Å². The Bertz CT molecular complexity index is 2070. The highest BCUT2D eigenvalue weighted by Gasteiger charge is 2.41. The molecule has 0 radical (unpaired) electrons. The number of rotatable bonds is 11. The number of likely N-dealkylation sites (N-methyl/N-ethyl adjacent to an activating group) is 2. The number of hydrogen-bond acceptors (Lipinski definition) is 12. The predicted octanol–water partition coefficient (Wildman–Crippen LogP) is 1.85. The first-order valence-electron chi connectivity index (χ1n) is 18.6. The zero-order valence-corrected chi connectivity index (χ0v) is 33.1. The zero-order valence-electron chi connectivity index (χ0n) is 33.1. The van der Waals surface area contributed by atoms with Crippen LogP contribution in [0.1, 0.15) is 39.5 Å². The Kier molecular flexibility index (Phi) is 15.2. The maximum atomic E-state index is 12.0. The molecule has 0 spiro atoms. The number of piperidine rings is 2. The fourth-order valence-electron chi connectivity index (χ4n) is 7.20. The van der Waals surface area contributed by atoms with Gasteiger partial charge >= 0.3 is 29.7 Å². The Balaban J connectivity index is 0.000000205. The average molecular weight is 817 g/mol. The summed E-state index contributed by atoms with van der Waals surface area (Å²) in [5.74, 6) is -2.56. The molecule has 21 heteroatoms. The number of nitrogens with zero attached hydrogens (tertiary/aromatic N) is 10. The highest BCUT2D eigenvalue weighted by atomic mass is 16.4. The number of aromatic amines is 2. The summed E-state index contributed by atoms with van der Waals surface area (Å²) in [5, 5.41) is 35.8. The highest BCUT2D eigenvalue weighted by Crippen LogP contribution is 2.30. The Morgan fingerprint density at radius 3 is 1.47 bits per heavy atom. The van der Waals surface area contributed by atoms with Gasteiger partial charge < -0.3 is 59.7 Å². The quantitative estimate of drug-likeness (QED) is 0.118. The second-order valence-corrected chi connectivity index (χ2v) is 14.6. The predicted molar refractivity (Wildman–Crippen MR) is 213 cm³/mol. The Morgan fingerprint density at radius 2 is 1.14 bits per heavy atom. The molecule has 0 aromatic carbocycles. The molecule has 2 fully saturated rings. The number of likely N-dealkylation sites (tertiary alicyclic amines) is 2. The Hall–Kier alpha value is -6.87. The van der Waals surface area contributed by atoms with E-state index in [1.807, 2.05) is 38.6 Å². The maximum absolute atomic E-state index is 12.0. The third-order valence-corrected chi connectivity index (χ3v) is 10.6. The van der Waals surface area contributed by atoms with Crippen molar-refractivity contribution in [2.45, 2.75) is 57.2 Å². The summed E-state index contributed by atoms with van der Waals surface area (Å²) >= 11 is 0. The van der Waals surface area contributed by atoms with Gasteiger partial charge in [-0.05, 0) is 36.8 Å². The average Bonchev–Trinajstić information content (AvgIpc) is 3.88. The molecule has 4 aromatic rings. The molecule has 6 N–H and O–H groups in total. The van der Waals surface area contributed by atoms with Crippen molar-refractivity contribution < 1.29 is 44.4 Å². The van der Waals surface area contributed by atoms with E-state index in [9.17, 15) is 24.0 Å². The lowest BCUT2D eigenvalue weighted by molar-refractivity contribution is -0.170. The summed E-state index contributed by atoms with van der Waals surface area (Å²) in [5.41, 5.74) is -1.12. The van der Waals surface area contributed by atoms with E-state index in [0.717, 1.165) is 59.6 Å². The number of aliphatic hydroxyl groups is 1. The lowest BCUT2D eigenvalue weighted by Gasteiger charge is -2.41. The van der Waals surface area contributed by atoms with Gasteiger partial charge in [0.05, 0.1) is 35.7 Å². The molecule has 2 saturated heterocycles. The molecule has 4 atom stereocenters. The molecule has 6 rings (SSSR count). The third-order valence-electron chi connectivity index (χ3n) is 10.6. The molecule has 21 nitrogen and oxygen atoms in total. The number of aliphatic carboxylic acids is 3.